The summed E-state index contributed by atoms with van der Waals surface area (Å²) in [5.41, 5.74) is -0.812. The van der Waals surface area contributed by atoms with Crippen molar-refractivity contribution >= 4 is 29.0 Å². The number of nitrogens with one attached hydrogen (secondary N) is 1. The lowest BCUT2D eigenvalue weighted by Gasteiger charge is -2.20. The second-order valence-electron chi connectivity index (χ2n) is 6.65. The summed E-state index contributed by atoms with van der Waals surface area (Å²) >= 11 is 5.77. The second-order valence-corrected chi connectivity index (χ2v) is 7.03. The number of benzene rings is 1. The monoisotopic (exact) mass is 463 g/mol. The van der Waals surface area contributed by atoms with E-state index in [-0.39, 0.29) is 17.9 Å². The number of aromatic nitrogens is 2. The predicted octanol–water partition coefficient (Wildman–Crippen LogP) is 4.90. The summed E-state index contributed by atoms with van der Waals surface area (Å²) in [5, 5.41) is 3.31. The molecule has 1 aromatic carbocycles. The van der Waals surface area contributed by atoms with Gasteiger partial charge in [0.2, 0.25) is 5.78 Å². The van der Waals surface area contributed by atoms with Gasteiger partial charge in [0.05, 0.1) is 18.4 Å². The molecule has 1 N–H and O–H groups in total. The summed E-state index contributed by atoms with van der Waals surface area (Å²) in [6.07, 6.45) is -1.92. The SMILES string of the molecule is COC(=O)C(C(=O)c1ncccc1NCc1ccc(Cl)nc1)c1ccccc1C(F)(F)F. The number of anilines is 1. The van der Waals surface area contributed by atoms with Gasteiger partial charge in [-0.2, -0.15) is 13.2 Å². The maximum absolute atomic E-state index is 13.6. The third-order valence-corrected chi connectivity index (χ3v) is 4.81. The Bertz CT molecular complexity index is 1120. The number of ether oxygens (including phenoxy) is 1. The number of nitrogens with zero attached hydrogens (tertiary/aromatic N) is 2. The lowest BCUT2D eigenvalue weighted by molar-refractivity contribution is -0.142. The molecule has 1 atom stereocenters. The first-order valence-electron chi connectivity index (χ1n) is 9.30. The molecule has 6 nitrogen and oxygen atoms in total. The minimum Gasteiger partial charge on any atom is -0.468 e. The summed E-state index contributed by atoms with van der Waals surface area (Å²) in [7, 11) is 1.00. The summed E-state index contributed by atoms with van der Waals surface area (Å²) in [5.74, 6) is -3.89. The van der Waals surface area contributed by atoms with E-state index in [1.165, 1.54) is 30.6 Å². The fraction of sp³-hybridized carbons (Fsp3) is 0.182. The Morgan fingerprint density at radius 2 is 1.84 bits per heavy atom. The van der Waals surface area contributed by atoms with E-state index >= 15 is 0 Å². The Morgan fingerprint density at radius 1 is 1.09 bits per heavy atom. The van der Waals surface area contributed by atoms with E-state index in [0.717, 1.165) is 24.8 Å². The zero-order valence-corrected chi connectivity index (χ0v) is 17.4. The molecule has 0 saturated heterocycles. The normalized spacial score (nSPS) is 12.2. The van der Waals surface area contributed by atoms with Crippen molar-refractivity contribution in [2.45, 2.75) is 18.6 Å². The smallest absolute Gasteiger partial charge is 0.416 e. The highest BCUT2D eigenvalue weighted by Crippen LogP contribution is 2.37. The van der Waals surface area contributed by atoms with Crippen molar-refractivity contribution in [3.63, 3.8) is 0 Å². The molecule has 32 heavy (non-hydrogen) atoms. The van der Waals surface area contributed by atoms with Crippen molar-refractivity contribution < 1.29 is 27.5 Å². The highest BCUT2D eigenvalue weighted by molar-refractivity contribution is 6.29. The zero-order valence-electron chi connectivity index (χ0n) is 16.7. The molecule has 10 heteroatoms. The van der Waals surface area contributed by atoms with Crippen LogP contribution in [0.2, 0.25) is 5.15 Å². The van der Waals surface area contributed by atoms with Gasteiger partial charge in [-0.3, -0.25) is 14.6 Å². The van der Waals surface area contributed by atoms with Gasteiger partial charge >= 0.3 is 12.1 Å². The van der Waals surface area contributed by atoms with Crippen LogP contribution in [0.5, 0.6) is 0 Å². The molecular weight excluding hydrogens is 447 g/mol. The molecule has 0 radical (unpaired) electrons. The molecule has 0 aliphatic rings. The number of esters is 1. The molecule has 0 fully saturated rings. The van der Waals surface area contributed by atoms with E-state index in [2.05, 4.69) is 20.0 Å². The van der Waals surface area contributed by atoms with Gasteiger partial charge in [-0.1, -0.05) is 35.9 Å². The molecular formula is C22H17ClF3N3O3. The number of ketones is 1. The van der Waals surface area contributed by atoms with Crippen molar-refractivity contribution in [2.24, 2.45) is 0 Å². The Morgan fingerprint density at radius 3 is 2.50 bits per heavy atom. The van der Waals surface area contributed by atoms with Gasteiger partial charge in [-0.15, -0.1) is 0 Å². The molecule has 2 aromatic heterocycles. The highest BCUT2D eigenvalue weighted by atomic mass is 35.5. The fourth-order valence-corrected chi connectivity index (χ4v) is 3.20. The van der Waals surface area contributed by atoms with Gasteiger partial charge in [0.15, 0.2) is 0 Å². The second kappa shape index (κ2) is 9.78. The molecule has 166 valence electrons. The number of hydrogen-bond donors (Lipinski definition) is 1. The number of rotatable bonds is 7. The highest BCUT2D eigenvalue weighted by Gasteiger charge is 2.41. The number of hydrogen-bond acceptors (Lipinski definition) is 6. The molecule has 3 aromatic rings. The van der Waals surface area contributed by atoms with Crippen LogP contribution in [0, 0.1) is 0 Å². The lowest BCUT2D eigenvalue weighted by atomic mass is 9.88. The molecule has 1 unspecified atom stereocenters. The molecule has 3 rings (SSSR count). The van der Waals surface area contributed by atoms with Gasteiger partial charge in [0.25, 0.3) is 0 Å². The van der Waals surface area contributed by atoms with Crippen molar-refractivity contribution in [3.05, 3.63) is 88.5 Å². The zero-order chi connectivity index (χ0) is 23.3. The molecule has 0 spiro atoms. The van der Waals surface area contributed by atoms with Crippen LogP contribution in [0.4, 0.5) is 18.9 Å². The van der Waals surface area contributed by atoms with Crippen molar-refractivity contribution in [1.82, 2.24) is 9.97 Å². The van der Waals surface area contributed by atoms with E-state index in [1.807, 2.05) is 0 Å². The number of methoxy groups -OCH3 is 1. The van der Waals surface area contributed by atoms with Crippen LogP contribution in [0.3, 0.4) is 0 Å². The van der Waals surface area contributed by atoms with Gasteiger partial charge < -0.3 is 10.1 Å². The average Bonchev–Trinajstić information content (AvgIpc) is 2.78. The van der Waals surface area contributed by atoms with E-state index in [1.54, 1.807) is 18.2 Å². The van der Waals surface area contributed by atoms with Crippen LogP contribution < -0.4 is 5.32 Å². The van der Waals surface area contributed by atoms with Crippen LogP contribution in [0.1, 0.15) is 33.1 Å². The quantitative estimate of drug-likeness (QED) is 0.232. The van der Waals surface area contributed by atoms with Crippen molar-refractivity contribution in [2.75, 3.05) is 12.4 Å². The van der Waals surface area contributed by atoms with E-state index in [4.69, 9.17) is 11.6 Å². The first-order valence-corrected chi connectivity index (χ1v) is 9.67. The van der Waals surface area contributed by atoms with Gasteiger partial charge in [-0.05, 0) is 35.4 Å². The van der Waals surface area contributed by atoms with Crippen LogP contribution in [-0.2, 0) is 22.3 Å². The topological polar surface area (TPSA) is 81.2 Å². The lowest BCUT2D eigenvalue weighted by Crippen LogP contribution is -2.27. The Balaban J connectivity index is 1.99. The largest absolute Gasteiger partial charge is 0.468 e. The fourth-order valence-electron chi connectivity index (χ4n) is 3.09. The molecule has 0 bridgehead atoms. The van der Waals surface area contributed by atoms with Crippen molar-refractivity contribution in [1.29, 1.82) is 0 Å². The van der Waals surface area contributed by atoms with Crippen LogP contribution in [0.15, 0.2) is 60.9 Å². The third-order valence-electron chi connectivity index (χ3n) is 4.59. The molecule has 0 amide bonds. The summed E-state index contributed by atoms with van der Waals surface area (Å²) in [6.45, 7) is 0.234. The number of alkyl halides is 3. The first kappa shape index (κ1) is 23.2. The van der Waals surface area contributed by atoms with Gasteiger partial charge in [0.1, 0.15) is 16.8 Å². The summed E-state index contributed by atoms with van der Waals surface area (Å²) in [6, 6.07) is 10.8. The molecule has 2 heterocycles. The number of Topliss-reactive ketones (excluding diaryl/α,β-unsaturated/α-hetero) is 1. The Labute approximate surface area is 186 Å². The Hall–Kier alpha value is -3.46. The van der Waals surface area contributed by atoms with Gasteiger partial charge in [-0.25, -0.2) is 4.98 Å². The van der Waals surface area contributed by atoms with Crippen LogP contribution in [-0.4, -0.2) is 28.8 Å². The van der Waals surface area contributed by atoms with E-state index in [0.29, 0.717) is 5.15 Å². The number of pyridine rings is 2. The maximum atomic E-state index is 13.6. The predicted molar refractivity (Wildman–Crippen MR) is 111 cm³/mol. The Kier molecular flexibility index (Phi) is 7.09. The van der Waals surface area contributed by atoms with Crippen molar-refractivity contribution in [3.8, 4) is 0 Å². The maximum Gasteiger partial charge on any atom is 0.416 e. The standard InChI is InChI=1S/C22H17ClF3N3O3/c1-32-21(31)18(14-5-2-3-6-15(14)22(24,25)26)20(30)19-16(7-4-10-27-19)28-11-13-8-9-17(23)29-12-13/h2-10,12,18,28H,11H2,1H3. The van der Waals surface area contributed by atoms with E-state index < -0.39 is 35.0 Å². The minimum absolute atomic E-state index is 0.193. The molecule has 0 aliphatic heterocycles. The molecule has 0 saturated carbocycles. The first-order chi connectivity index (χ1) is 15.2. The number of carbonyl (C=O) groups excluding carboxylic acids is 2. The number of carbonyl (C=O) groups is 2. The van der Waals surface area contributed by atoms with Crippen LogP contribution in [0.25, 0.3) is 0 Å². The van der Waals surface area contributed by atoms with Crippen LogP contribution >= 0.6 is 11.6 Å². The van der Waals surface area contributed by atoms with E-state index in [9.17, 15) is 22.8 Å². The third kappa shape index (κ3) is 5.23. The average molecular weight is 464 g/mol. The summed E-state index contributed by atoms with van der Waals surface area (Å²) in [4.78, 5) is 33.7. The summed E-state index contributed by atoms with van der Waals surface area (Å²) < 4.78 is 45.3. The minimum atomic E-state index is -4.77. The number of halogens is 4. The molecule has 0 aliphatic carbocycles. The van der Waals surface area contributed by atoms with Gasteiger partial charge in [0, 0.05) is 18.9 Å².